The van der Waals surface area contributed by atoms with Crippen LogP contribution in [0, 0.1) is 5.82 Å². The van der Waals surface area contributed by atoms with Gasteiger partial charge in [-0.1, -0.05) is 18.2 Å². The van der Waals surface area contributed by atoms with Crippen LogP contribution in [0.3, 0.4) is 0 Å². The van der Waals surface area contributed by atoms with Gasteiger partial charge >= 0.3 is 0 Å². The molecular weight excluding hydrogens is 395 g/mol. The van der Waals surface area contributed by atoms with Gasteiger partial charge in [0, 0.05) is 15.8 Å². The molecule has 0 aliphatic carbocycles. The summed E-state index contributed by atoms with van der Waals surface area (Å²) in [5, 5.41) is 2.76. The van der Waals surface area contributed by atoms with E-state index < -0.39 is 11.9 Å². The third kappa shape index (κ3) is 3.62. The van der Waals surface area contributed by atoms with E-state index in [1.807, 2.05) is 6.07 Å². The smallest absolute Gasteiger partial charge is 0.255 e. The van der Waals surface area contributed by atoms with Gasteiger partial charge in [-0.3, -0.25) is 9.59 Å². The SMILES string of the molecule is O=C(Nc1ccc(F)cc1Br)[C@@H]1CSCN1C(=O)c1ccccc1. The molecule has 1 atom stereocenters. The number of thioether (sulfide) groups is 1. The topological polar surface area (TPSA) is 49.4 Å². The summed E-state index contributed by atoms with van der Waals surface area (Å²) in [5.74, 6) is 0.160. The zero-order valence-corrected chi connectivity index (χ0v) is 14.9. The Morgan fingerprint density at radius 1 is 1.21 bits per heavy atom. The lowest BCUT2D eigenvalue weighted by molar-refractivity contribution is -0.119. The summed E-state index contributed by atoms with van der Waals surface area (Å²) in [6.07, 6.45) is 0. The Hall–Kier alpha value is -1.86. The molecule has 1 aliphatic heterocycles. The Balaban J connectivity index is 1.75. The van der Waals surface area contributed by atoms with Crippen LogP contribution in [0.15, 0.2) is 53.0 Å². The number of amides is 2. The molecule has 0 radical (unpaired) electrons. The molecule has 2 aromatic carbocycles. The van der Waals surface area contributed by atoms with Gasteiger partial charge in [-0.15, -0.1) is 11.8 Å². The van der Waals surface area contributed by atoms with Gasteiger partial charge in [-0.2, -0.15) is 0 Å². The molecule has 1 aliphatic rings. The zero-order valence-electron chi connectivity index (χ0n) is 12.5. The number of carbonyl (C=O) groups is 2. The van der Waals surface area contributed by atoms with Crippen molar-refractivity contribution in [1.82, 2.24) is 4.90 Å². The Morgan fingerprint density at radius 2 is 1.96 bits per heavy atom. The van der Waals surface area contributed by atoms with Crippen LogP contribution in [0.25, 0.3) is 0 Å². The highest BCUT2D eigenvalue weighted by molar-refractivity contribution is 9.10. The van der Waals surface area contributed by atoms with Crippen molar-refractivity contribution in [2.24, 2.45) is 0 Å². The van der Waals surface area contributed by atoms with E-state index in [1.54, 1.807) is 29.2 Å². The third-order valence-electron chi connectivity index (χ3n) is 3.66. The first-order valence-corrected chi connectivity index (χ1v) is 9.20. The molecule has 1 heterocycles. The van der Waals surface area contributed by atoms with Gasteiger partial charge < -0.3 is 10.2 Å². The van der Waals surface area contributed by atoms with E-state index >= 15 is 0 Å². The first kappa shape index (κ1) is 17.0. The maximum Gasteiger partial charge on any atom is 0.255 e. The number of anilines is 1. The Morgan fingerprint density at radius 3 is 2.67 bits per heavy atom. The maximum absolute atomic E-state index is 13.1. The highest BCUT2D eigenvalue weighted by Crippen LogP contribution is 2.27. The highest BCUT2D eigenvalue weighted by Gasteiger charge is 2.35. The van der Waals surface area contributed by atoms with Crippen molar-refractivity contribution in [1.29, 1.82) is 0 Å². The zero-order chi connectivity index (χ0) is 17.1. The predicted octanol–water partition coefficient (Wildman–Crippen LogP) is 3.74. The van der Waals surface area contributed by atoms with E-state index in [2.05, 4.69) is 21.2 Å². The maximum atomic E-state index is 13.1. The lowest BCUT2D eigenvalue weighted by atomic mass is 10.1. The Labute approximate surface area is 151 Å². The van der Waals surface area contributed by atoms with Gasteiger partial charge in [0.1, 0.15) is 11.9 Å². The van der Waals surface area contributed by atoms with Crippen LogP contribution in [0.4, 0.5) is 10.1 Å². The van der Waals surface area contributed by atoms with Crippen LogP contribution in [-0.2, 0) is 4.79 Å². The molecule has 2 aromatic rings. The second-order valence-corrected chi connectivity index (χ2v) is 7.12. The number of carbonyl (C=O) groups excluding carboxylic acids is 2. The van der Waals surface area contributed by atoms with Crippen molar-refractivity contribution in [2.45, 2.75) is 6.04 Å². The predicted molar refractivity (Wildman–Crippen MR) is 96.5 cm³/mol. The van der Waals surface area contributed by atoms with Crippen molar-refractivity contribution in [2.75, 3.05) is 16.9 Å². The lowest BCUT2D eigenvalue weighted by Gasteiger charge is -2.23. The summed E-state index contributed by atoms with van der Waals surface area (Å²) in [5.41, 5.74) is 1.03. The summed E-state index contributed by atoms with van der Waals surface area (Å²) in [6, 6.07) is 12.4. The summed E-state index contributed by atoms with van der Waals surface area (Å²) in [4.78, 5) is 26.7. The average molecular weight is 409 g/mol. The van der Waals surface area contributed by atoms with Crippen molar-refractivity contribution in [3.8, 4) is 0 Å². The van der Waals surface area contributed by atoms with Crippen molar-refractivity contribution < 1.29 is 14.0 Å². The molecule has 1 saturated heterocycles. The number of nitrogens with one attached hydrogen (secondary N) is 1. The third-order valence-corrected chi connectivity index (χ3v) is 5.32. The fraction of sp³-hybridized carbons (Fsp3) is 0.176. The van der Waals surface area contributed by atoms with E-state index in [4.69, 9.17) is 0 Å². The van der Waals surface area contributed by atoms with E-state index in [-0.39, 0.29) is 11.8 Å². The second-order valence-electron chi connectivity index (χ2n) is 5.27. The van der Waals surface area contributed by atoms with Crippen LogP contribution < -0.4 is 5.32 Å². The Bertz CT molecular complexity index is 772. The van der Waals surface area contributed by atoms with Crippen LogP contribution in [0.1, 0.15) is 10.4 Å². The number of nitrogens with zero attached hydrogens (tertiary/aromatic N) is 1. The molecule has 7 heteroatoms. The average Bonchev–Trinajstić information content (AvgIpc) is 3.07. The van der Waals surface area contributed by atoms with E-state index in [0.717, 1.165) is 0 Å². The summed E-state index contributed by atoms with van der Waals surface area (Å²) in [6.45, 7) is 0. The first-order chi connectivity index (χ1) is 11.6. The van der Waals surface area contributed by atoms with Crippen molar-refractivity contribution in [3.63, 3.8) is 0 Å². The number of hydrogen-bond acceptors (Lipinski definition) is 3. The fourth-order valence-corrected chi connectivity index (χ4v) is 4.02. The molecule has 4 nitrogen and oxygen atoms in total. The molecule has 1 fully saturated rings. The molecule has 1 N–H and O–H groups in total. The lowest BCUT2D eigenvalue weighted by Crippen LogP contribution is -2.44. The minimum absolute atomic E-state index is 0.168. The minimum Gasteiger partial charge on any atom is -0.323 e. The van der Waals surface area contributed by atoms with Crippen molar-refractivity contribution >= 4 is 45.2 Å². The van der Waals surface area contributed by atoms with Crippen molar-refractivity contribution in [3.05, 3.63) is 64.4 Å². The van der Waals surface area contributed by atoms with Gasteiger partial charge in [0.2, 0.25) is 5.91 Å². The van der Waals surface area contributed by atoms with E-state index in [0.29, 0.717) is 27.4 Å². The van der Waals surface area contributed by atoms with Gasteiger partial charge in [0.25, 0.3) is 5.91 Å². The van der Waals surface area contributed by atoms with Gasteiger partial charge in [0.05, 0.1) is 11.6 Å². The summed E-state index contributed by atoms with van der Waals surface area (Å²) in [7, 11) is 0. The molecule has 124 valence electrons. The molecule has 0 unspecified atom stereocenters. The first-order valence-electron chi connectivity index (χ1n) is 7.26. The molecule has 3 rings (SSSR count). The van der Waals surface area contributed by atoms with E-state index in [1.165, 1.54) is 30.0 Å². The van der Waals surface area contributed by atoms with E-state index in [9.17, 15) is 14.0 Å². The largest absolute Gasteiger partial charge is 0.323 e. The monoisotopic (exact) mass is 408 g/mol. The normalized spacial score (nSPS) is 16.9. The van der Waals surface area contributed by atoms with Gasteiger partial charge in [-0.25, -0.2) is 4.39 Å². The molecule has 24 heavy (non-hydrogen) atoms. The number of halogens is 2. The number of benzene rings is 2. The van der Waals surface area contributed by atoms with Crippen LogP contribution in [0.2, 0.25) is 0 Å². The molecule has 0 aromatic heterocycles. The van der Waals surface area contributed by atoms with Gasteiger partial charge in [-0.05, 0) is 46.3 Å². The molecular formula is C17H14BrFN2O2S. The summed E-state index contributed by atoms with van der Waals surface area (Å²) >= 11 is 4.76. The Kier molecular flexibility index (Phi) is 5.20. The minimum atomic E-state index is -0.556. The molecule has 0 spiro atoms. The highest BCUT2D eigenvalue weighted by atomic mass is 79.9. The van der Waals surface area contributed by atoms with Crippen LogP contribution in [0.5, 0.6) is 0 Å². The van der Waals surface area contributed by atoms with Gasteiger partial charge in [0.15, 0.2) is 0 Å². The molecule has 0 bridgehead atoms. The van der Waals surface area contributed by atoms with Crippen LogP contribution >= 0.6 is 27.7 Å². The number of rotatable bonds is 3. The standard InChI is InChI=1S/C17H14BrFN2O2S/c18-13-8-12(19)6-7-14(13)20-16(22)15-9-24-10-21(15)17(23)11-4-2-1-3-5-11/h1-8,15H,9-10H2,(H,20,22)/t15-/m0/s1. The fourth-order valence-electron chi connectivity index (χ4n) is 2.41. The second kappa shape index (κ2) is 7.36. The quantitative estimate of drug-likeness (QED) is 0.841. The molecule has 2 amide bonds. The summed E-state index contributed by atoms with van der Waals surface area (Å²) < 4.78 is 13.6. The number of hydrogen-bond donors (Lipinski definition) is 1. The van der Waals surface area contributed by atoms with Crippen LogP contribution in [-0.4, -0.2) is 34.4 Å². The molecule has 0 saturated carbocycles.